The molecule has 0 radical (unpaired) electrons. The molecule has 142 valence electrons. The fourth-order valence-corrected chi connectivity index (χ4v) is 4.43. The second kappa shape index (κ2) is 7.29. The van der Waals surface area contributed by atoms with Crippen molar-refractivity contribution in [2.24, 2.45) is 0 Å². The minimum absolute atomic E-state index is 0.954. The average molecular weight is 365 g/mol. The Morgan fingerprint density at radius 3 is 1.96 bits per heavy atom. The number of aromatic nitrogens is 4. The predicted molar refractivity (Wildman–Crippen MR) is 107 cm³/mol. The van der Waals surface area contributed by atoms with Crippen molar-refractivity contribution in [1.29, 1.82) is 0 Å². The molecule has 2 aromatic heterocycles. The van der Waals surface area contributed by atoms with E-state index in [0.717, 1.165) is 69.6 Å². The normalized spacial score (nSPS) is 20.1. The van der Waals surface area contributed by atoms with Gasteiger partial charge >= 0.3 is 0 Å². The molecule has 2 saturated heterocycles. The van der Waals surface area contributed by atoms with Gasteiger partial charge in [-0.15, -0.1) is 5.10 Å². The lowest BCUT2D eigenvalue weighted by Crippen LogP contribution is -2.47. The third kappa shape index (κ3) is 3.42. The van der Waals surface area contributed by atoms with Crippen LogP contribution in [-0.2, 0) is 12.8 Å². The first kappa shape index (κ1) is 16.7. The molecule has 2 aliphatic heterocycles. The Morgan fingerprint density at radius 2 is 1.22 bits per heavy atom. The third-order valence-electron chi connectivity index (χ3n) is 6.05. The van der Waals surface area contributed by atoms with Crippen molar-refractivity contribution in [1.82, 2.24) is 20.2 Å². The molecule has 1 aliphatic carbocycles. The van der Waals surface area contributed by atoms with E-state index in [4.69, 9.17) is 0 Å². The van der Waals surface area contributed by atoms with E-state index >= 15 is 0 Å². The lowest BCUT2D eigenvalue weighted by molar-refractivity contribution is 0.623. The lowest BCUT2D eigenvalue weighted by Gasteiger charge is -2.36. The maximum Gasteiger partial charge on any atom is 0.151 e. The van der Waals surface area contributed by atoms with Crippen LogP contribution < -0.4 is 14.7 Å². The van der Waals surface area contributed by atoms with Crippen LogP contribution >= 0.6 is 0 Å². The summed E-state index contributed by atoms with van der Waals surface area (Å²) in [5.41, 5.74) is 2.61. The minimum atomic E-state index is 0.954. The molecule has 0 bridgehead atoms. The zero-order valence-corrected chi connectivity index (χ0v) is 15.8. The number of fused-ring (bicyclic) bond motifs is 1. The molecular weight excluding hydrogens is 338 g/mol. The smallest absolute Gasteiger partial charge is 0.151 e. The molecular formula is C20H27N7. The highest BCUT2D eigenvalue weighted by Gasteiger charge is 2.22. The maximum atomic E-state index is 4.53. The number of rotatable bonds is 3. The summed E-state index contributed by atoms with van der Waals surface area (Å²) >= 11 is 0. The Balaban J connectivity index is 1.26. The summed E-state index contributed by atoms with van der Waals surface area (Å²) in [6, 6.07) is 4.42. The third-order valence-corrected chi connectivity index (χ3v) is 6.05. The average Bonchev–Trinajstić information content (AvgIpc) is 3.29. The van der Waals surface area contributed by atoms with Gasteiger partial charge in [0.25, 0.3) is 0 Å². The first-order valence-electron chi connectivity index (χ1n) is 10.3. The number of nitrogens with zero attached hydrogens (tertiary/aromatic N) is 7. The zero-order valence-electron chi connectivity index (χ0n) is 15.8. The van der Waals surface area contributed by atoms with Gasteiger partial charge in [0, 0.05) is 45.3 Å². The molecule has 0 saturated carbocycles. The van der Waals surface area contributed by atoms with Crippen LogP contribution in [0.25, 0.3) is 0 Å². The molecule has 0 amide bonds. The van der Waals surface area contributed by atoms with Crippen LogP contribution in [0, 0.1) is 0 Å². The largest absolute Gasteiger partial charge is 0.356 e. The molecule has 5 rings (SSSR count). The SMILES string of the molecule is c1nc(N2CCCC2)cc(N2CCN(c3cc4c(nn3)CCCC4)CC2)n1. The van der Waals surface area contributed by atoms with Crippen LogP contribution in [0.15, 0.2) is 18.5 Å². The van der Waals surface area contributed by atoms with Crippen LogP contribution in [0.2, 0.25) is 0 Å². The van der Waals surface area contributed by atoms with Gasteiger partial charge in [-0.2, -0.15) is 5.10 Å². The van der Waals surface area contributed by atoms with Gasteiger partial charge in [-0.3, -0.25) is 0 Å². The monoisotopic (exact) mass is 365 g/mol. The molecule has 27 heavy (non-hydrogen) atoms. The van der Waals surface area contributed by atoms with Gasteiger partial charge in [0.15, 0.2) is 5.82 Å². The number of piperazine rings is 1. The summed E-state index contributed by atoms with van der Waals surface area (Å²) in [4.78, 5) is 16.1. The van der Waals surface area contributed by atoms with Crippen molar-refractivity contribution in [3.05, 3.63) is 29.7 Å². The highest BCUT2D eigenvalue weighted by atomic mass is 15.3. The molecule has 7 nitrogen and oxygen atoms in total. The van der Waals surface area contributed by atoms with Crippen molar-refractivity contribution < 1.29 is 0 Å². The minimum Gasteiger partial charge on any atom is -0.356 e. The Morgan fingerprint density at radius 1 is 0.593 bits per heavy atom. The van der Waals surface area contributed by atoms with Gasteiger partial charge in [-0.1, -0.05) is 0 Å². The zero-order chi connectivity index (χ0) is 18.1. The molecule has 2 aromatic rings. The molecule has 2 fully saturated rings. The Labute approximate surface area is 160 Å². The van der Waals surface area contributed by atoms with Crippen molar-refractivity contribution in [2.45, 2.75) is 38.5 Å². The van der Waals surface area contributed by atoms with E-state index in [0.29, 0.717) is 0 Å². The molecule has 0 spiro atoms. The van der Waals surface area contributed by atoms with E-state index in [1.807, 2.05) is 0 Å². The topological polar surface area (TPSA) is 61.3 Å². The summed E-state index contributed by atoms with van der Waals surface area (Å²) in [6.07, 6.45) is 9.00. The Kier molecular flexibility index (Phi) is 4.51. The van der Waals surface area contributed by atoms with Crippen molar-refractivity contribution >= 4 is 17.5 Å². The summed E-state index contributed by atoms with van der Waals surface area (Å²) < 4.78 is 0. The van der Waals surface area contributed by atoms with Crippen LogP contribution in [0.1, 0.15) is 36.9 Å². The fourth-order valence-electron chi connectivity index (χ4n) is 4.43. The second-order valence-electron chi connectivity index (χ2n) is 7.78. The molecule has 0 unspecified atom stereocenters. The highest BCUT2D eigenvalue weighted by molar-refractivity contribution is 5.52. The van der Waals surface area contributed by atoms with E-state index in [2.05, 4.69) is 47.0 Å². The van der Waals surface area contributed by atoms with Gasteiger partial charge in [0.1, 0.15) is 18.0 Å². The van der Waals surface area contributed by atoms with Crippen molar-refractivity contribution in [3.8, 4) is 0 Å². The first-order valence-corrected chi connectivity index (χ1v) is 10.3. The van der Waals surface area contributed by atoms with Crippen LogP contribution in [-0.4, -0.2) is 59.4 Å². The first-order chi connectivity index (χ1) is 13.4. The van der Waals surface area contributed by atoms with E-state index in [-0.39, 0.29) is 0 Å². The van der Waals surface area contributed by atoms with Crippen LogP contribution in [0.4, 0.5) is 17.5 Å². The summed E-state index contributed by atoms with van der Waals surface area (Å²) in [5.74, 6) is 3.15. The standard InChI is InChI=1S/C20H27N7/c1-2-6-17-16(5-1)13-20(24-23-17)27-11-9-26(10-12-27)19-14-18(21-15-22-19)25-7-3-4-8-25/h13-15H,1-12H2. The number of anilines is 3. The number of hydrogen-bond donors (Lipinski definition) is 0. The molecule has 4 heterocycles. The van der Waals surface area contributed by atoms with Gasteiger partial charge in [-0.05, 0) is 50.2 Å². The van der Waals surface area contributed by atoms with Gasteiger partial charge in [0.2, 0.25) is 0 Å². The molecule has 0 N–H and O–H groups in total. The number of aryl methyl sites for hydroxylation is 2. The number of hydrogen-bond acceptors (Lipinski definition) is 7. The van der Waals surface area contributed by atoms with Gasteiger partial charge in [0.05, 0.1) is 5.69 Å². The summed E-state index contributed by atoms with van der Waals surface area (Å²) in [7, 11) is 0. The van der Waals surface area contributed by atoms with Crippen LogP contribution in [0.3, 0.4) is 0 Å². The molecule has 7 heteroatoms. The highest BCUT2D eigenvalue weighted by Crippen LogP contribution is 2.25. The van der Waals surface area contributed by atoms with Crippen molar-refractivity contribution in [2.75, 3.05) is 54.0 Å². The van der Waals surface area contributed by atoms with E-state index in [1.165, 1.54) is 36.9 Å². The molecule has 0 aromatic carbocycles. The summed E-state index contributed by atoms with van der Waals surface area (Å²) in [5, 5.41) is 9.00. The van der Waals surface area contributed by atoms with Gasteiger partial charge < -0.3 is 14.7 Å². The van der Waals surface area contributed by atoms with E-state index < -0.39 is 0 Å². The lowest BCUT2D eigenvalue weighted by atomic mass is 9.97. The predicted octanol–water partition coefficient (Wildman–Crippen LogP) is 2.07. The van der Waals surface area contributed by atoms with Gasteiger partial charge in [-0.25, -0.2) is 9.97 Å². The Hall–Kier alpha value is -2.44. The van der Waals surface area contributed by atoms with Crippen LogP contribution in [0.5, 0.6) is 0 Å². The van der Waals surface area contributed by atoms with E-state index in [1.54, 1.807) is 6.33 Å². The molecule has 0 atom stereocenters. The fraction of sp³-hybridized carbons (Fsp3) is 0.600. The maximum absolute atomic E-state index is 4.53. The van der Waals surface area contributed by atoms with E-state index in [9.17, 15) is 0 Å². The quantitative estimate of drug-likeness (QED) is 0.825. The van der Waals surface area contributed by atoms with Crippen molar-refractivity contribution in [3.63, 3.8) is 0 Å². The Bertz CT molecular complexity index is 795. The summed E-state index contributed by atoms with van der Waals surface area (Å²) in [6.45, 7) is 6.04. The molecule has 3 aliphatic rings. The second-order valence-corrected chi connectivity index (χ2v) is 7.78.